The van der Waals surface area contributed by atoms with Crippen molar-refractivity contribution in [2.45, 2.75) is 13.6 Å². The fraction of sp³-hybridized carbons (Fsp3) is 0.100. The van der Waals surface area contributed by atoms with Crippen molar-refractivity contribution in [1.82, 2.24) is 10.2 Å². The molecule has 5 nitrogen and oxygen atoms in total. The lowest BCUT2D eigenvalue weighted by Gasteiger charge is -2.07. The van der Waals surface area contributed by atoms with Gasteiger partial charge in [-0.3, -0.25) is 0 Å². The number of aromatic nitrogens is 2. The van der Waals surface area contributed by atoms with Crippen LogP contribution in [0.25, 0.3) is 0 Å². The maximum Gasteiger partial charge on any atom is 0.179 e. The number of thioether (sulfide) groups is 1. The summed E-state index contributed by atoms with van der Waals surface area (Å²) in [7, 11) is 0. The molecule has 100 valence electrons. The molecule has 19 heavy (non-hydrogen) atoms. The first-order valence-electron chi connectivity index (χ1n) is 4.97. The van der Waals surface area contributed by atoms with Crippen molar-refractivity contribution in [3.8, 4) is 0 Å². The van der Waals surface area contributed by atoms with Gasteiger partial charge in [0.2, 0.25) is 0 Å². The van der Waals surface area contributed by atoms with Crippen molar-refractivity contribution in [3.05, 3.63) is 28.8 Å². The van der Waals surface area contributed by atoms with Crippen molar-refractivity contribution >= 4 is 52.3 Å². The van der Waals surface area contributed by atoms with Crippen molar-refractivity contribution in [1.29, 1.82) is 0 Å². The van der Waals surface area contributed by atoms with E-state index < -0.39 is 0 Å². The van der Waals surface area contributed by atoms with Crippen LogP contribution < -0.4 is 5.73 Å². The molecule has 0 aliphatic rings. The molecule has 0 atom stereocenters. The SMILES string of the molecule is CSc1nnc(Sc2cccc(Cl)c2/C(N)=N/O)s1. The summed E-state index contributed by atoms with van der Waals surface area (Å²) in [5, 5.41) is 20.3. The van der Waals surface area contributed by atoms with Crippen LogP contribution in [-0.2, 0) is 0 Å². The predicted molar refractivity (Wildman–Crippen MR) is 79.8 cm³/mol. The van der Waals surface area contributed by atoms with Gasteiger partial charge in [0.25, 0.3) is 0 Å². The van der Waals surface area contributed by atoms with Gasteiger partial charge in [0, 0.05) is 4.90 Å². The zero-order chi connectivity index (χ0) is 13.8. The summed E-state index contributed by atoms with van der Waals surface area (Å²) >= 11 is 10.5. The molecule has 1 aromatic carbocycles. The van der Waals surface area contributed by atoms with Crippen molar-refractivity contribution < 1.29 is 5.21 Å². The molecule has 0 amide bonds. The first kappa shape index (κ1) is 14.4. The summed E-state index contributed by atoms with van der Waals surface area (Å²) in [6.45, 7) is 0. The Morgan fingerprint density at radius 1 is 1.42 bits per heavy atom. The second-order valence-corrected chi connectivity index (χ2v) is 6.97. The predicted octanol–water partition coefficient (Wildman–Crippen LogP) is 3.16. The van der Waals surface area contributed by atoms with Gasteiger partial charge >= 0.3 is 0 Å². The normalized spacial score (nSPS) is 11.8. The van der Waals surface area contributed by atoms with E-state index in [-0.39, 0.29) is 5.84 Å². The van der Waals surface area contributed by atoms with Gasteiger partial charge in [0.05, 0.1) is 10.6 Å². The van der Waals surface area contributed by atoms with Crippen LogP contribution in [0.1, 0.15) is 5.56 Å². The van der Waals surface area contributed by atoms with E-state index in [1.807, 2.05) is 12.3 Å². The van der Waals surface area contributed by atoms with E-state index in [0.717, 1.165) is 13.6 Å². The van der Waals surface area contributed by atoms with Gasteiger partial charge in [-0.1, -0.05) is 57.7 Å². The van der Waals surface area contributed by atoms with Crippen molar-refractivity contribution in [2.75, 3.05) is 6.26 Å². The Balaban J connectivity index is 2.37. The van der Waals surface area contributed by atoms with Crippen molar-refractivity contribution in [2.24, 2.45) is 10.9 Å². The third-order valence-corrected chi connectivity index (χ3v) is 5.42. The molecule has 1 aromatic heterocycles. The largest absolute Gasteiger partial charge is 0.409 e. The van der Waals surface area contributed by atoms with Gasteiger partial charge in [0.15, 0.2) is 14.5 Å². The summed E-state index contributed by atoms with van der Waals surface area (Å²) in [5.41, 5.74) is 6.14. The second-order valence-electron chi connectivity index (χ2n) is 3.24. The molecule has 2 aromatic rings. The summed E-state index contributed by atoms with van der Waals surface area (Å²) in [6, 6.07) is 5.33. The fourth-order valence-electron chi connectivity index (χ4n) is 1.30. The molecule has 0 spiro atoms. The van der Waals surface area contributed by atoms with E-state index in [1.54, 1.807) is 12.1 Å². The van der Waals surface area contributed by atoms with Crippen LogP contribution in [0.5, 0.6) is 0 Å². The molecule has 0 bridgehead atoms. The van der Waals surface area contributed by atoms with Gasteiger partial charge in [0.1, 0.15) is 0 Å². The lowest BCUT2D eigenvalue weighted by Crippen LogP contribution is -2.14. The van der Waals surface area contributed by atoms with Crippen LogP contribution in [0.3, 0.4) is 0 Å². The summed E-state index contributed by atoms with van der Waals surface area (Å²) < 4.78 is 1.66. The molecule has 0 aliphatic carbocycles. The third-order valence-electron chi connectivity index (χ3n) is 2.10. The van der Waals surface area contributed by atoms with Crippen LogP contribution in [0, 0.1) is 0 Å². The van der Waals surface area contributed by atoms with Crippen LogP contribution in [-0.4, -0.2) is 27.5 Å². The van der Waals surface area contributed by atoms with Crippen LogP contribution >= 0.6 is 46.5 Å². The molecule has 0 radical (unpaired) electrons. The molecule has 0 aliphatic heterocycles. The van der Waals surface area contributed by atoms with Crippen molar-refractivity contribution in [3.63, 3.8) is 0 Å². The molecule has 3 N–H and O–H groups in total. The minimum Gasteiger partial charge on any atom is -0.409 e. The van der Waals surface area contributed by atoms with E-state index in [4.69, 9.17) is 22.5 Å². The topological polar surface area (TPSA) is 84.4 Å². The molecule has 0 saturated carbocycles. The van der Waals surface area contributed by atoms with Gasteiger partial charge in [-0.25, -0.2) is 0 Å². The first-order valence-corrected chi connectivity index (χ1v) is 8.21. The Morgan fingerprint density at radius 2 is 2.16 bits per heavy atom. The Bertz CT molecular complexity index is 617. The molecule has 0 fully saturated rings. The Morgan fingerprint density at radius 3 is 2.79 bits per heavy atom. The molecule has 2 rings (SSSR count). The molecular weight excluding hydrogens is 324 g/mol. The maximum atomic E-state index is 8.81. The number of hydrogen-bond acceptors (Lipinski definition) is 7. The highest BCUT2D eigenvalue weighted by molar-refractivity contribution is 8.03. The zero-order valence-corrected chi connectivity index (χ0v) is 12.9. The summed E-state index contributed by atoms with van der Waals surface area (Å²) in [4.78, 5) is 0.770. The Labute approximate surface area is 127 Å². The number of nitrogens with zero attached hydrogens (tertiary/aromatic N) is 3. The number of oxime groups is 1. The van der Waals surface area contributed by atoms with Crippen LogP contribution in [0.4, 0.5) is 0 Å². The second kappa shape index (κ2) is 6.47. The number of nitrogens with two attached hydrogens (primary N) is 1. The number of amidine groups is 1. The smallest absolute Gasteiger partial charge is 0.179 e. The van der Waals surface area contributed by atoms with Crippen LogP contribution in [0.15, 0.2) is 36.9 Å². The summed E-state index contributed by atoms with van der Waals surface area (Å²) in [6.07, 6.45) is 1.94. The van der Waals surface area contributed by atoms with Crippen LogP contribution in [0.2, 0.25) is 5.02 Å². The number of hydrogen-bond donors (Lipinski definition) is 2. The minimum absolute atomic E-state index is 0.0253. The molecule has 0 saturated heterocycles. The molecular formula is C10H9ClN4OS3. The van der Waals surface area contributed by atoms with E-state index in [1.165, 1.54) is 34.9 Å². The van der Waals surface area contributed by atoms with E-state index in [0.29, 0.717) is 10.6 Å². The fourth-order valence-corrected chi connectivity index (χ4v) is 4.20. The van der Waals surface area contributed by atoms with Gasteiger partial charge in [-0.2, -0.15) is 0 Å². The molecule has 0 unspecified atom stereocenters. The number of benzene rings is 1. The lowest BCUT2D eigenvalue weighted by molar-refractivity contribution is 0.318. The van der Waals surface area contributed by atoms with E-state index >= 15 is 0 Å². The van der Waals surface area contributed by atoms with E-state index in [9.17, 15) is 0 Å². The Hall–Kier alpha value is -0.960. The average molecular weight is 333 g/mol. The molecule has 1 heterocycles. The standard InChI is InChI=1S/C10H9ClN4OS3/c1-17-9-13-14-10(19-9)18-6-4-2-3-5(11)7(6)8(12)15-16/h2-4,16H,1H3,(H2,12,15). The summed E-state index contributed by atoms with van der Waals surface area (Å²) in [5.74, 6) is -0.0253. The van der Waals surface area contributed by atoms with Gasteiger partial charge < -0.3 is 10.9 Å². The number of halogens is 1. The highest BCUT2D eigenvalue weighted by Gasteiger charge is 2.14. The highest BCUT2D eigenvalue weighted by Crippen LogP contribution is 2.36. The average Bonchev–Trinajstić information content (AvgIpc) is 2.86. The maximum absolute atomic E-state index is 8.81. The van der Waals surface area contributed by atoms with Gasteiger partial charge in [-0.15, -0.1) is 10.2 Å². The lowest BCUT2D eigenvalue weighted by atomic mass is 10.2. The van der Waals surface area contributed by atoms with E-state index in [2.05, 4.69) is 15.4 Å². The monoisotopic (exact) mass is 332 g/mol. The first-order chi connectivity index (χ1) is 9.15. The quantitative estimate of drug-likeness (QED) is 0.294. The zero-order valence-electron chi connectivity index (χ0n) is 9.70. The third kappa shape index (κ3) is 3.33. The Kier molecular flexibility index (Phi) is 4.92. The highest BCUT2D eigenvalue weighted by atomic mass is 35.5. The molecule has 9 heteroatoms. The van der Waals surface area contributed by atoms with Gasteiger partial charge in [-0.05, 0) is 18.4 Å². The minimum atomic E-state index is -0.0253. The number of rotatable bonds is 4.